The molecular formula is C12H14ClNO3. The van der Waals surface area contributed by atoms with Gasteiger partial charge >= 0.3 is 0 Å². The minimum Gasteiger partial charge on any atom is -0.383 e. The third kappa shape index (κ3) is 2.28. The topological polar surface area (TPSA) is 48.3 Å². The highest BCUT2D eigenvalue weighted by molar-refractivity contribution is 6.67. The molecule has 0 saturated carbocycles. The maximum absolute atomic E-state index is 12.1. The van der Waals surface area contributed by atoms with Crippen molar-refractivity contribution in [3.8, 4) is 0 Å². The molecule has 0 saturated heterocycles. The fourth-order valence-electron chi connectivity index (χ4n) is 2.28. The molecule has 0 fully saturated rings. The molecule has 1 aromatic rings. The number of rotatable bonds is 4. The lowest BCUT2D eigenvalue weighted by Crippen LogP contribution is -2.29. The van der Waals surface area contributed by atoms with Crippen LogP contribution in [0.2, 0.25) is 0 Å². The van der Waals surface area contributed by atoms with Crippen molar-refractivity contribution in [3.05, 3.63) is 33.2 Å². The molecular weight excluding hydrogens is 242 g/mol. The maximum atomic E-state index is 12.1. The molecule has 92 valence electrons. The van der Waals surface area contributed by atoms with Crippen LogP contribution in [-0.4, -0.2) is 23.5 Å². The van der Waals surface area contributed by atoms with Gasteiger partial charge in [0.05, 0.1) is 12.2 Å². The number of halogens is 1. The summed E-state index contributed by atoms with van der Waals surface area (Å²) in [5.74, 6) is 0. The van der Waals surface area contributed by atoms with Crippen LogP contribution in [0.3, 0.4) is 0 Å². The van der Waals surface area contributed by atoms with Gasteiger partial charge in [-0.05, 0) is 42.5 Å². The molecule has 0 aliphatic heterocycles. The maximum Gasteiger partial charge on any atom is 0.263 e. The summed E-state index contributed by atoms with van der Waals surface area (Å²) >= 11 is 5.43. The summed E-state index contributed by atoms with van der Waals surface area (Å²) in [5, 5.41) is -0.684. The molecule has 0 amide bonds. The minimum absolute atomic E-state index is 0.0726. The van der Waals surface area contributed by atoms with E-state index in [9.17, 15) is 9.59 Å². The van der Waals surface area contributed by atoms with Crippen LogP contribution in [0.4, 0.5) is 0 Å². The number of ether oxygens (including phenoxy) is 1. The van der Waals surface area contributed by atoms with E-state index in [1.807, 2.05) is 0 Å². The summed E-state index contributed by atoms with van der Waals surface area (Å²) in [5.41, 5.74) is 1.85. The van der Waals surface area contributed by atoms with Crippen molar-refractivity contribution in [2.75, 3.05) is 13.7 Å². The zero-order valence-electron chi connectivity index (χ0n) is 9.66. The number of fused-ring (bicyclic) bond motifs is 1. The molecule has 0 radical (unpaired) electrons. The van der Waals surface area contributed by atoms with Gasteiger partial charge in [-0.1, -0.05) is 0 Å². The zero-order chi connectivity index (χ0) is 12.4. The van der Waals surface area contributed by atoms with E-state index < -0.39 is 5.24 Å². The van der Waals surface area contributed by atoms with Crippen molar-refractivity contribution in [2.45, 2.75) is 25.8 Å². The van der Waals surface area contributed by atoms with E-state index in [1.54, 1.807) is 17.7 Å². The molecule has 0 N–H and O–H groups in total. The van der Waals surface area contributed by atoms with Crippen molar-refractivity contribution < 1.29 is 9.53 Å². The molecule has 2 rings (SSSR count). The number of pyridine rings is 1. The molecule has 0 aromatic carbocycles. The molecule has 0 spiro atoms. The summed E-state index contributed by atoms with van der Waals surface area (Å²) in [4.78, 5) is 23.3. The number of carbonyl (C=O) groups excluding carboxylic acids is 1. The lowest BCUT2D eigenvalue weighted by Gasteiger charge is -2.12. The standard InChI is InChI=1S/C12H14ClNO3/c1-17-6-5-14-10-4-2-3-8(10)7-9(11(13)15)12(14)16/h7H,2-6H2,1H3. The fraction of sp³-hybridized carbons (Fsp3) is 0.500. The summed E-state index contributed by atoms with van der Waals surface area (Å²) in [7, 11) is 1.59. The number of aromatic nitrogens is 1. The highest BCUT2D eigenvalue weighted by Gasteiger charge is 2.21. The van der Waals surface area contributed by atoms with E-state index in [1.165, 1.54) is 0 Å². The van der Waals surface area contributed by atoms with Crippen molar-refractivity contribution in [1.29, 1.82) is 0 Å². The average Bonchev–Trinajstić information content (AvgIpc) is 2.74. The number of hydrogen-bond acceptors (Lipinski definition) is 3. The van der Waals surface area contributed by atoms with Gasteiger partial charge < -0.3 is 9.30 Å². The van der Waals surface area contributed by atoms with Crippen LogP contribution in [0.15, 0.2) is 10.9 Å². The summed E-state index contributed by atoms with van der Waals surface area (Å²) < 4.78 is 6.61. The minimum atomic E-state index is -0.684. The Kier molecular flexibility index (Phi) is 3.64. The Morgan fingerprint density at radius 3 is 2.94 bits per heavy atom. The van der Waals surface area contributed by atoms with Crippen molar-refractivity contribution >= 4 is 16.8 Å². The molecule has 5 heteroatoms. The number of carbonyl (C=O) groups is 1. The molecule has 0 bridgehead atoms. The number of nitrogens with zero attached hydrogens (tertiary/aromatic N) is 1. The van der Waals surface area contributed by atoms with Crippen LogP contribution < -0.4 is 5.56 Å². The summed E-state index contributed by atoms with van der Waals surface area (Å²) in [6.07, 6.45) is 2.80. The van der Waals surface area contributed by atoms with Crippen LogP contribution >= 0.6 is 11.6 Å². The Labute approximate surface area is 104 Å². The van der Waals surface area contributed by atoms with E-state index in [2.05, 4.69) is 0 Å². The van der Waals surface area contributed by atoms with Crippen molar-refractivity contribution in [1.82, 2.24) is 4.57 Å². The first-order valence-electron chi connectivity index (χ1n) is 5.59. The zero-order valence-corrected chi connectivity index (χ0v) is 10.4. The Morgan fingerprint density at radius 2 is 2.29 bits per heavy atom. The second-order valence-electron chi connectivity index (χ2n) is 4.11. The molecule has 0 unspecified atom stereocenters. The van der Waals surface area contributed by atoms with E-state index in [0.29, 0.717) is 13.2 Å². The van der Waals surface area contributed by atoms with E-state index in [4.69, 9.17) is 16.3 Å². The van der Waals surface area contributed by atoms with Gasteiger partial charge in [-0.25, -0.2) is 0 Å². The smallest absolute Gasteiger partial charge is 0.263 e. The molecule has 0 atom stereocenters. The summed E-state index contributed by atoms with van der Waals surface area (Å²) in [6.45, 7) is 0.919. The fourth-order valence-corrected chi connectivity index (χ4v) is 2.41. The highest BCUT2D eigenvalue weighted by atomic mass is 35.5. The van der Waals surface area contributed by atoms with Crippen LogP contribution in [0.5, 0.6) is 0 Å². The highest BCUT2D eigenvalue weighted by Crippen LogP contribution is 2.21. The largest absolute Gasteiger partial charge is 0.383 e. The first-order valence-corrected chi connectivity index (χ1v) is 5.97. The molecule has 1 aliphatic rings. The average molecular weight is 256 g/mol. The molecule has 17 heavy (non-hydrogen) atoms. The lowest BCUT2D eigenvalue weighted by molar-refractivity contribution is 0.107. The number of aryl methyl sites for hydroxylation is 1. The third-order valence-corrected chi connectivity index (χ3v) is 3.28. The second kappa shape index (κ2) is 5.02. The number of hydrogen-bond donors (Lipinski definition) is 0. The van der Waals surface area contributed by atoms with Crippen LogP contribution in [0.1, 0.15) is 28.0 Å². The SMILES string of the molecule is COCCn1c2c(cc(C(=O)Cl)c1=O)CCC2. The first kappa shape index (κ1) is 12.3. The van der Waals surface area contributed by atoms with Crippen molar-refractivity contribution in [2.24, 2.45) is 0 Å². The predicted molar refractivity (Wildman–Crippen MR) is 64.8 cm³/mol. The van der Waals surface area contributed by atoms with Gasteiger partial charge in [0.15, 0.2) is 0 Å². The lowest BCUT2D eigenvalue weighted by atomic mass is 10.1. The Morgan fingerprint density at radius 1 is 1.53 bits per heavy atom. The van der Waals surface area contributed by atoms with Crippen molar-refractivity contribution in [3.63, 3.8) is 0 Å². The van der Waals surface area contributed by atoms with Gasteiger partial charge in [-0.3, -0.25) is 9.59 Å². The normalized spacial score (nSPS) is 13.8. The molecule has 1 heterocycles. The Bertz CT molecular complexity index is 507. The molecule has 4 nitrogen and oxygen atoms in total. The quantitative estimate of drug-likeness (QED) is 0.764. The van der Waals surface area contributed by atoms with E-state index >= 15 is 0 Å². The molecule has 1 aliphatic carbocycles. The van der Waals surface area contributed by atoms with Gasteiger partial charge in [0.1, 0.15) is 0 Å². The Balaban J connectivity index is 2.54. The van der Waals surface area contributed by atoms with E-state index in [0.717, 1.165) is 30.5 Å². The second-order valence-corrected chi connectivity index (χ2v) is 4.45. The van der Waals surface area contributed by atoms with Gasteiger partial charge in [-0.2, -0.15) is 0 Å². The first-order chi connectivity index (χ1) is 8.15. The van der Waals surface area contributed by atoms with Crippen LogP contribution in [0.25, 0.3) is 0 Å². The van der Waals surface area contributed by atoms with Crippen LogP contribution in [-0.2, 0) is 24.1 Å². The van der Waals surface area contributed by atoms with Crippen LogP contribution in [0, 0.1) is 0 Å². The predicted octanol–water partition coefficient (Wildman–Crippen LogP) is 1.36. The van der Waals surface area contributed by atoms with E-state index in [-0.39, 0.29) is 11.1 Å². The van der Waals surface area contributed by atoms with Gasteiger partial charge in [0, 0.05) is 19.3 Å². The molecule has 1 aromatic heterocycles. The van der Waals surface area contributed by atoms with Gasteiger partial charge in [-0.15, -0.1) is 0 Å². The van der Waals surface area contributed by atoms with Gasteiger partial charge in [0.2, 0.25) is 0 Å². The summed E-state index contributed by atoms with van der Waals surface area (Å²) in [6, 6.07) is 1.64. The van der Waals surface area contributed by atoms with Gasteiger partial charge in [0.25, 0.3) is 10.8 Å². The Hall–Kier alpha value is -1.13. The number of methoxy groups -OCH3 is 1. The third-order valence-electron chi connectivity index (χ3n) is 3.08. The monoisotopic (exact) mass is 255 g/mol.